The fourth-order valence-electron chi connectivity index (χ4n) is 4.76. The van der Waals surface area contributed by atoms with E-state index in [2.05, 4.69) is 0 Å². The molecule has 26 heavy (non-hydrogen) atoms. The zero-order valence-corrected chi connectivity index (χ0v) is 14.8. The number of fused-ring (bicyclic) bond motifs is 1. The summed E-state index contributed by atoms with van der Waals surface area (Å²) in [4.78, 5) is 14.9. The number of aromatic nitrogens is 1. The molecule has 2 fully saturated rings. The van der Waals surface area contributed by atoms with Gasteiger partial charge in [0.15, 0.2) is 6.20 Å². The Morgan fingerprint density at radius 3 is 2.62 bits per heavy atom. The topological polar surface area (TPSA) is 67.5 Å². The molecule has 1 aliphatic heterocycles. The predicted molar refractivity (Wildman–Crippen MR) is 97.1 cm³/mol. The summed E-state index contributed by atoms with van der Waals surface area (Å²) in [7, 11) is 0. The van der Waals surface area contributed by atoms with Crippen molar-refractivity contribution in [2.75, 3.05) is 6.54 Å². The number of nitrogens with zero attached hydrogens (tertiary/aromatic N) is 2. The first-order valence-corrected chi connectivity index (χ1v) is 9.38. The maximum Gasteiger partial charge on any atom is 0.320 e. The van der Waals surface area contributed by atoms with Gasteiger partial charge in [-0.3, -0.25) is 4.79 Å². The van der Waals surface area contributed by atoms with Crippen LogP contribution in [0.1, 0.15) is 48.2 Å². The highest BCUT2D eigenvalue weighted by atomic mass is 16.5. The molecule has 2 aliphatic rings. The van der Waals surface area contributed by atoms with E-state index < -0.39 is 5.60 Å². The number of aliphatic hydroxyl groups is 1. The molecule has 136 valence electrons. The van der Waals surface area contributed by atoms with Crippen LogP contribution in [0.25, 0.3) is 0 Å². The number of benzene rings is 1. The standard InChI is InChI=1S/C21H24N2O3/c24-20(19-12-6-7-14-23(19)26)22-15-13-21(25,16-8-2-1-3-9-16)17-10-4-5-11-18(17)22/h1-3,6-9,12,14,17-18,25H,4-5,10-11,13,15H2. The van der Waals surface area contributed by atoms with Crippen LogP contribution >= 0.6 is 0 Å². The number of hydrogen-bond donors (Lipinski definition) is 1. The summed E-state index contributed by atoms with van der Waals surface area (Å²) in [6.45, 7) is 0.459. The molecule has 5 heteroatoms. The number of likely N-dealkylation sites (tertiary alicyclic amines) is 1. The average molecular weight is 352 g/mol. The van der Waals surface area contributed by atoms with Crippen molar-refractivity contribution in [3.63, 3.8) is 0 Å². The highest BCUT2D eigenvalue weighted by molar-refractivity contribution is 5.91. The maximum atomic E-state index is 13.0. The van der Waals surface area contributed by atoms with Crippen LogP contribution in [0.5, 0.6) is 0 Å². The normalized spacial score (nSPS) is 28.4. The van der Waals surface area contributed by atoms with E-state index in [1.807, 2.05) is 35.2 Å². The van der Waals surface area contributed by atoms with Crippen LogP contribution in [0.15, 0.2) is 54.7 Å². The van der Waals surface area contributed by atoms with Gasteiger partial charge >= 0.3 is 5.91 Å². The van der Waals surface area contributed by atoms with Gasteiger partial charge < -0.3 is 15.2 Å². The minimum absolute atomic E-state index is 0.000152. The molecule has 1 saturated carbocycles. The number of amides is 1. The summed E-state index contributed by atoms with van der Waals surface area (Å²) in [5.41, 5.74) is 0.178. The largest absolute Gasteiger partial charge is 0.618 e. The van der Waals surface area contributed by atoms with E-state index in [4.69, 9.17) is 0 Å². The Bertz CT molecular complexity index is 795. The van der Waals surface area contributed by atoms with Crippen molar-refractivity contribution in [3.05, 3.63) is 71.2 Å². The smallest absolute Gasteiger partial charge is 0.320 e. The average Bonchev–Trinajstić information content (AvgIpc) is 2.69. The first-order chi connectivity index (χ1) is 12.6. The van der Waals surface area contributed by atoms with Gasteiger partial charge in [-0.1, -0.05) is 43.2 Å². The highest BCUT2D eigenvalue weighted by Crippen LogP contribution is 2.47. The Morgan fingerprint density at radius 1 is 1.12 bits per heavy atom. The maximum absolute atomic E-state index is 13.0. The van der Waals surface area contributed by atoms with E-state index in [0.29, 0.717) is 17.7 Å². The van der Waals surface area contributed by atoms with Crippen LogP contribution in [-0.4, -0.2) is 28.5 Å². The minimum atomic E-state index is -0.909. The lowest BCUT2D eigenvalue weighted by Gasteiger charge is -2.52. The fourth-order valence-corrected chi connectivity index (χ4v) is 4.76. The molecule has 3 unspecified atom stereocenters. The number of piperidine rings is 1. The van der Waals surface area contributed by atoms with Crippen LogP contribution in [0.3, 0.4) is 0 Å². The van der Waals surface area contributed by atoms with Crippen molar-refractivity contribution in [3.8, 4) is 0 Å². The zero-order valence-electron chi connectivity index (χ0n) is 14.8. The molecule has 1 aliphatic carbocycles. The summed E-state index contributed by atoms with van der Waals surface area (Å²) in [6.07, 6.45) is 5.72. The second kappa shape index (κ2) is 6.72. The molecule has 1 amide bonds. The second-order valence-corrected chi connectivity index (χ2v) is 7.41. The summed E-state index contributed by atoms with van der Waals surface area (Å²) >= 11 is 0. The first-order valence-electron chi connectivity index (χ1n) is 9.38. The molecule has 2 heterocycles. The van der Waals surface area contributed by atoms with E-state index >= 15 is 0 Å². The van der Waals surface area contributed by atoms with Gasteiger partial charge in [-0.25, -0.2) is 0 Å². The predicted octanol–water partition coefficient (Wildman–Crippen LogP) is 2.61. The van der Waals surface area contributed by atoms with Crippen LogP contribution in [0.2, 0.25) is 0 Å². The molecule has 1 N–H and O–H groups in total. The van der Waals surface area contributed by atoms with Crippen molar-refractivity contribution < 1.29 is 14.6 Å². The number of hydrogen-bond acceptors (Lipinski definition) is 3. The van der Waals surface area contributed by atoms with E-state index in [1.165, 1.54) is 6.20 Å². The van der Waals surface area contributed by atoms with Gasteiger partial charge in [0.25, 0.3) is 5.69 Å². The van der Waals surface area contributed by atoms with Crippen molar-refractivity contribution >= 4 is 5.91 Å². The number of rotatable bonds is 2. The molecular formula is C21H24N2O3. The Morgan fingerprint density at radius 2 is 1.85 bits per heavy atom. The quantitative estimate of drug-likeness (QED) is 0.667. The van der Waals surface area contributed by atoms with Crippen LogP contribution in [0, 0.1) is 11.1 Å². The molecule has 1 saturated heterocycles. The van der Waals surface area contributed by atoms with Crippen molar-refractivity contribution in [1.29, 1.82) is 0 Å². The van der Waals surface area contributed by atoms with E-state index in [1.54, 1.807) is 18.2 Å². The number of carbonyl (C=O) groups is 1. The Balaban J connectivity index is 1.67. The third-order valence-electron chi connectivity index (χ3n) is 6.05. The summed E-state index contributed by atoms with van der Waals surface area (Å²) < 4.78 is 0.637. The lowest BCUT2D eigenvalue weighted by atomic mass is 9.66. The van der Waals surface area contributed by atoms with Gasteiger partial charge in [0, 0.05) is 30.6 Å². The molecule has 4 rings (SSSR count). The Labute approximate surface area is 153 Å². The molecular weight excluding hydrogens is 328 g/mol. The third-order valence-corrected chi connectivity index (χ3v) is 6.05. The van der Waals surface area contributed by atoms with Crippen LogP contribution in [0.4, 0.5) is 0 Å². The highest BCUT2D eigenvalue weighted by Gasteiger charge is 2.51. The van der Waals surface area contributed by atoms with Crippen LogP contribution in [-0.2, 0) is 5.60 Å². The monoisotopic (exact) mass is 352 g/mol. The van der Waals surface area contributed by atoms with E-state index in [9.17, 15) is 15.1 Å². The van der Waals surface area contributed by atoms with Crippen molar-refractivity contribution in [1.82, 2.24) is 4.90 Å². The summed E-state index contributed by atoms with van der Waals surface area (Å²) in [5, 5.41) is 23.6. The van der Waals surface area contributed by atoms with Gasteiger partial charge in [-0.05, 0) is 30.9 Å². The van der Waals surface area contributed by atoms with Gasteiger partial charge in [0.2, 0.25) is 0 Å². The van der Waals surface area contributed by atoms with Gasteiger partial charge in [-0.15, -0.1) is 0 Å². The Hall–Kier alpha value is -2.40. The molecule has 0 bridgehead atoms. The Kier molecular flexibility index (Phi) is 4.41. The molecule has 1 aromatic heterocycles. The molecule has 1 aromatic carbocycles. The minimum Gasteiger partial charge on any atom is -0.618 e. The second-order valence-electron chi connectivity index (χ2n) is 7.41. The molecule has 3 atom stereocenters. The van der Waals surface area contributed by atoms with Gasteiger partial charge in [-0.2, -0.15) is 4.73 Å². The van der Waals surface area contributed by atoms with Crippen LogP contribution < -0.4 is 4.73 Å². The fraction of sp³-hybridized carbons (Fsp3) is 0.429. The number of carbonyl (C=O) groups excluding carboxylic acids is 1. The molecule has 0 spiro atoms. The zero-order chi connectivity index (χ0) is 18.1. The van der Waals surface area contributed by atoms with Crippen molar-refractivity contribution in [2.45, 2.75) is 43.7 Å². The van der Waals surface area contributed by atoms with E-state index in [0.717, 1.165) is 31.2 Å². The molecule has 0 radical (unpaired) electrons. The van der Waals surface area contributed by atoms with Crippen molar-refractivity contribution in [2.24, 2.45) is 5.92 Å². The number of pyridine rings is 1. The lowest BCUT2D eigenvalue weighted by Crippen LogP contribution is -2.60. The third kappa shape index (κ3) is 2.76. The SMILES string of the molecule is O=C(c1cccc[n+]1[O-])N1CCC(O)(c2ccccc2)C2CCCCC21. The lowest BCUT2D eigenvalue weighted by molar-refractivity contribution is -0.608. The van der Waals surface area contributed by atoms with Gasteiger partial charge in [0.1, 0.15) is 0 Å². The van der Waals surface area contributed by atoms with Gasteiger partial charge in [0.05, 0.1) is 5.60 Å². The first kappa shape index (κ1) is 17.0. The molecule has 5 nitrogen and oxygen atoms in total. The summed E-state index contributed by atoms with van der Waals surface area (Å²) in [5.74, 6) is -0.229. The van der Waals surface area contributed by atoms with E-state index in [-0.39, 0.29) is 23.6 Å². The summed E-state index contributed by atoms with van der Waals surface area (Å²) in [6, 6.07) is 14.7. The molecule has 2 aromatic rings.